The Labute approximate surface area is 151 Å². The van der Waals surface area contributed by atoms with Crippen LogP contribution in [0.25, 0.3) is 0 Å². The molecular weight excluding hydrogens is 407 g/mol. The van der Waals surface area contributed by atoms with E-state index in [0.29, 0.717) is 6.92 Å². The van der Waals surface area contributed by atoms with Crippen molar-refractivity contribution in [2.24, 2.45) is 0 Å². The van der Waals surface area contributed by atoms with Crippen molar-refractivity contribution in [3.8, 4) is 0 Å². The number of ether oxygens (including phenoxy) is 2. The smallest absolute Gasteiger partial charge is 0.420 e. The SMILES string of the molecule is C=C(COCC(F)(F)S(=O)(=O)O)C(=O)OC1(C(C)(O)C(F)(F)F)CCCC1. The first kappa shape index (κ1) is 23.7. The Morgan fingerprint density at radius 3 is 2.07 bits per heavy atom. The quantitative estimate of drug-likeness (QED) is 0.265. The number of rotatable bonds is 8. The number of hydrogen-bond acceptors (Lipinski definition) is 6. The van der Waals surface area contributed by atoms with Gasteiger partial charge < -0.3 is 14.6 Å². The first-order valence-electron chi connectivity index (χ1n) is 7.60. The molecule has 1 saturated carbocycles. The van der Waals surface area contributed by atoms with Crippen LogP contribution in [-0.2, 0) is 24.4 Å². The third-order valence-corrected chi connectivity index (χ3v) is 5.22. The lowest BCUT2D eigenvalue weighted by Crippen LogP contribution is -2.61. The fourth-order valence-corrected chi connectivity index (χ4v) is 2.80. The highest BCUT2D eigenvalue weighted by Crippen LogP contribution is 2.49. The zero-order chi connectivity index (χ0) is 21.3. The van der Waals surface area contributed by atoms with Crippen molar-refractivity contribution in [1.82, 2.24) is 0 Å². The van der Waals surface area contributed by atoms with E-state index in [-0.39, 0.29) is 25.7 Å². The van der Waals surface area contributed by atoms with Gasteiger partial charge in [-0.25, -0.2) is 4.79 Å². The van der Waals surface area contributed by atoms with E-state index >= 15 is 0 Å². The number of halogens is 5. The molecule has 1 rings (SSSR count). The van der Waals surface area contributed by atoms with Crippen LogP contribution in [0.15, 0.2) is 12.2 Å². The molecule has 0 aromatic rings. The van der Waals surface area contributed by atoms with Crippen LogP contribution >= 0.6 is 0 Å². The third-order valence-electron chi connectivity index (χ3n) is 4.35. The zero-order valence-corrected chi connectivity index (χ0v) is 15.0. The maximum Gasteiger partial charge on any atom is 0.420 e. The normalized spacial score (nSPS) is 20.1. The van der Waals surface area contributed by atoms with Crippen LogP contribution < -0.4 is 0 Å². The third kappa shape index (κ3) is 4.95. The van der Waals surface area contributed by atoms with Gasteiger partial charge in [0.25, 0.3) is 0 Å². The summed E-state index contributed by atoms with van der Waals surface area (Å²) in [5, 5.41) is 5.30. The molecule has 1 aliphatic carbocycles. The second-order valence-corrected chi connectivity index (χ2v) is 7.92. The van der Waals surface area contributed by atoms with Crippen LogP contribution in [0.2, 0.25) is 0 Å². The van der Waals surface area contributed by atoms with Crippen LogP contribution in [0, 0.1) is 0 Å². The van der Waals surface area contributed by atoms with Gasteiger partial charge in [0.1, 0.15) is 12.2 Å². The van der Waals surface area contributed by atoms with Gasteiger partial charge in [0.15, 0.2) is 5.60 Å². The summed E-state index contributed by atoms with van der Waals surface area (Å²) in [4.78, 5) is 12.0. The van der Waals surface area contributed by atoms with E-state index in [1.165, 1.54) is 0 Å². The van der Waals surface area contributed by atoms with E-state index in [1.54, 1.807) is 0 Å². The lowest BCUT2D eigenvalue weighted by Gasteiger charge is -2.42. The molecule has 0 bridgehead atoms. The van der Waals surface area contributed by atoms with Crippen molar-refractivity contribution in [2.45, 2.75) is 55.2 Å². The van der Waals surface area contributed by atoms with Crippen LogP contribution in [0.5, 0.6) is 0 Å². The molecule has 0 aromatic heterocycles. The lowest BCUT2D eigenvalue weighted by atomic mass is 9.81. The number of hydrogen-bond donors (Lipinski definition) is 2. The van der Waals surface area contributed by atoms with Crippen LogP contribution in [0.3, 0.4) is 0 Å². The largest absolute Gasteiger partial charge is 0.452 e. The molecule has 0 aromatic carbocycles. The fraction of sp³-hybridized carbons (Fsp3) is 0.786. The maximum absolute atomic E-state index is 13.2. The van der Waals surface area contributed by atoms with Crippen molar-refractivity contribution >= 4 is 16.1 Å². The summed E-state index contributed by atoms with van der Waals surface area (Å²) >= 11 is 0. The molecule has 7 nitrogen and oxygen atoms in total. The molecule has 0 saturated heterocycles. The van der Waals surface area contributed by atoms with Crippen molar-refractivity contribution in [1.29, 1.82) is 0 Å². The summed E-state index contributed by atoms with van der Waals surface area (Å²) in [5.74, 6) is -1.42. The molecule has 1 atom stereocenters. The van der Waals surface area contributed by atoms with Gasteiger partial charge in [0.05, 0.1) is 12.2 Å². The highest BCUT2D eigenvalue weighted by molar-refractivity contribution is 7.86. The maximum atomic E-state index is 13.2. The second-order valence-electron chi connectivity index (χ2n) is 6.37. The van der Waals surface area contributed by atoms with Crippen molar-refractivity contribution in [2.75, 3.05) is 13.2 Å². The molecule has 0 aliphatic heterocycles. The molecule has 1 fully saturated rings. The van der Waals surface area contributed by atoms with Crippen LogP contribution in [0.1, 0.15) is 32.6 Å². The van der Waals surface area contributed by atoms with Crippen molar-refractivity contribution in [3.05, 3.63) is 12.2 Å². The van der Waals surface area contributed by atoms with Gasteiger partial charge in [-0.3, -0.25) is 4.55 Å². The summed E-state index contributed by atoms with van der Waals surface area (Å²) in [6, 6.07) is 0. The summed E-state index contributed by atoms with van der Waals surface area (Å²) in [6.07, 6.45) is -5.15. The molecule has 0 amide bonds. The second kappa shape index (κ2) is 7.60. The average Bonchev–Trinajstić information content (AvgIpc) is 2.94. The van der Waals surface area contributed by atoms with E-state index in [2.05, 4.69) is 11.3 Å². The lowest BCUT2D eigenvalue weighted by molar-refractivity contribution is -0.311. The van der Waals surface area contributed by atoms with Gasteiger partial charge in [0, 0.05) is 0 Å². The molecular formula is C14H19F5O7S. The number of aliphatic hydroxyl groups is 1. The molecule has 2 N–H and O–H groups in total. The van der Waals surface area contributed by atoms with E-state index in [4.69, 9.17) is 9.29 Å². The Morgan fingerprint density at radius 2 is 1.67 bits per heavy atom. The summed E-state index contributed by atoms with van der Waals surface area (Å²) in [6.45, 7) is 0.796. The van der Waals surface area contributed by atoms with E-state index < -0.39 is 57.5 Å². The summed E-state index contributed by atoms with van der Waals surface area (Å²) in [7, 11) is -5.75. The van der Waals surface area contributed by atoms with Gasteiger partial charge in [-0.05, 0) is 32.6 Å². The van der Waals surface area contributed by atoms with Crippen molar-refractivity contribution < 1.29 is 54.3 Å². The highest BCUT2D eigenvalue weighted by Gasteiger charge is 2.66. The summed E-state index contributed by atoms with van der Waals surface area (Å²) in [5.41, 5.74) is -6.31. The Balaban J connectivity index is 2.80. The number of alkyl halides is 5. The molecule has 1 aliphatic rings. The number of carbonyl (C=O) groups is 1. The predicted octanol–water partition coefficient (Wildman–Crippen LogP) is 2.21. The molecule has 0 radical (unpaired) electrons. The monoisotopic (exact) mass is 426 g/mol. The van der Waals surface area contributed by atoms with Gasteiger partial charge >= 0.3 is 27.5 Å². The minimum absolute atomic E-state index is 0.253. The predicted molar refractivity (Wildman–Crippen MR) is 80.4 cm³/mol. The van der Waals surface area contributed by atoms with E-state index in [9.17, 15) is 40.3 Å². The Hall–Kier alpha value is -1.31. The summed E-state index contributed by atoms with van der Waals surface area (Å²) < 4.78 is 104. The Morgan fingerprint density at radius 1 is 1.19 bits per heavy atom. The Kier molecular flexibility index (Phi) is 6.68. The van der Waals surface area contributed by atoms with Gasteiger partial charge in [-0.2, -0.15) is 30.4 Å². The minimum Gasteiger partial charge on any atom is -0.452 e. The molecule has 0 heterocycles. The Bertz CT molecular complexity index is 678. The standard InChI is InChI=1S/C14H19F5O7S/c1-9(7-25-8-13(15,16)27(22,23)24)10(20)26-12(5-3-4-6-12)11(2,21)14(17,18)19/h21H,1,3-8H2,2H3,(H,22,23,24). The topological polar surface area (TPSA) is 110 Å². The van der Waals surface area contributed by atoms with Gasteiger partial charge in [0.2, 0.25) is 0 Å². The zero-order valence-electron chi connectivity index (χ0n) is 14.2. The molecule has 27 heavy (non-hydrogen) atoms. The van der Waals surface area contributed by atoms with E-state index in [0.717, 1.165) is 0 Å². The van der Waals surface area contributed by atoms with Crippen LogP contribution in [-0.4, -0.2) is 59.9 Å². The van der Waals surface area contributed by atoms with Gasteiger partial charge in [-0.1, -0.05) is 6.58 Å². The van der Waals surface area contributed by atoms with Gasteiger partial charge in [-0.15, -0.1) is 0 Å². The molecule has 0 spiro atoms. The minimum atomic E-state index is -5.75. The number of esters is 1. The molecule has 1 unspecified atom stereocenters. The average molecular weight is 426 g/mol. The number of carbonyl (C=O) groups excluding carboxylic acids is 1. The fourth-order valence-electron chi connectivity index (χ4n) is 2.57. The van der Waals surface area contributed by atoms with E-state index in [1.807, 2.05) is 0 Å². The molecule has 158 valence electrons. The highest BCUT2D eigenvalue weighted by atomic mass is 32.2. The van der Waals surface area contributed by atoms with Crippen LogP contribution in [0.4, 0.5) is 22.0 Å². The van der Waals surface area contributed by atoms with Crippen molar-refractivity contribution in [3.63, 3.8) is 0 Å². The molecule has 13 heteroatoms. The first-order chi connectivity index (χ1) is 12.0. The first-order valence-corrected chi connectivity index (χ1v) is 9.04.